The van der Waals surface area contributed by atoms with Gasteiger partial charge in [0.25, 0.3) is 11.5 Å². The molecule has 2 atom stereocenters. The number of halogens is 2. The molecule has 0 aliphatic heterocycles. The molecule has 202 valence electrons. The summed E-state index contributed by atoms with van der Waals surface area (Å²) in [5.74, 6) is -7.28. The number of anilines is 1. The number of aliphatic hydroxyl groups is 1. The molecule has 5 N–H and O–H groups in total. The molecular formula is C28H32F2N4O4. The van der Waals surface area contributed by atoms with Gasteiger partial charge in [-0.1, -0.05) is 74.5 Å². The molecule has 1 aromatic heterocycles. The Hall–Kier alpha value is -4.05. The fourth-order valence-electron chi connectivity index (χ4n) is 4.04. The number of carbonyl (C=O) groups is 2. The van der Waals surface area contributed by atoms with Crippen LogP contribution in [0.2, 0.25) is 0 Å². The predicted molar refractivity (Wildman–Crippen MR) is 141 cm³/mol. The lowest BCUT2D eigenvalue weighted by Crippen LogP contribution is -2.59. The van der Waals surface area contributed by atoms with Crippen LogP contribution in [0.1, 0.15) is 19.4 Å². The standard InChI is InChI=1S/C28H32F2N4O4/c1-18(2)24(25(36)28(29,30)27(38)32-16-15-19-9-5-3-6-10-19)33-23(35)17-34-22(14-13-21(31)26(34)37)20-11-7-4-8-12-20/h3-14,18,24-25,36H,15-17,31H2,1-2H3,(H,32,38)(H,33,35). The van der Waals surface area contributed by atoms with Crippen molar-refractivity contribution < 1.29 is 23.5 Å². The third-order valence-electron chi connectivity index (χ3n) is 6.18. The molecule has 0 aliphatic rings. The van der Waals surface area contributed by atoms with Crippen LogP contribution in [-0.2, 0) is 22.6 Å². The molecule has 3 rings (SSSR count). The lowest BCUT2D eigenvalue weighted by atomic mass is 9.93. The van der Waals surface area contributed by atoms with E-state index < -0.39 is 47.9 Å². The van der Waals surface area contributed by atoms with Crippen LogP contribution in [-0.4, -0.2) is 46.1 Å². The Morgan fingerprint density at radius 3 is 2.21 bits per heavy atom. The van der Waals surface area contributed by atoms with E-state index in [1.54, 1.807) is 60.7 Å². The molecule has 2 aromatic carbocycles. The highest BCUT2D eigenvalue weighted by Gasteiger charge is 2.51. The molecule has 0 bridgehead atoms. The number of pyridine rings is 1. The average Bonchev–Trinajstić information content (AvgIpc) is 2.90. The summed E-state index contributed by atoms with van der Waals surface area (Å²) in [6, 6.07) is 19.4. The lowest BCUT2D eigenvalue weighted by molar-refractivity contribution is -0.169. The zero-order chi connectivity index (χ0) is 27.9. The first-order chi connectivity index (χ1) is 18.0. The molecular weight excluding hydrogens is 494 g/mol. The minimum absolute atomic E-state index is 0.0511. The van der Waals surface area contributed by atoms with Crippen molar-refractivity contribution in [1.29, 1.82) is 0 Å². The summed E-state index contributed by atoms with van der Waals surface area (Å²) >= 11 is 0. The highest BCUT2D eigenvalue weighted by Crippen LogP contribution is 2.25. The minimum Gasteiger partial charge on any atom is -0.394 e. The van der Waals surface area contributed by atoms with Crippen LogP contribution < -0.4 is 21.9 Å². The van der Waals surface area contributed by atoms with E-state index in [0.29, 0.717) is 17.7 Å². The Morgan fingerprint density at radius 2 is 1.61 bits per heavy atom. The van der Waals surface area contributed by atoms with Crippen LogP contribution >= 0.6 is 0 Å². The zero-order valence-corrected chi connectivity index (χ0v) is 21.2. The van der Waals surface area contributed by atoms with Crippen LogP contribution in [0.3, 0.4) is 0 Å². The van der Waals surface area contributed by atoms with Crippen molar-refractivity contribution in [3.63, 3.8) is 0 Å². The number of nitrogen functional groups attached to an aromatic ring is 1. The predicted octanol–water partition coefficient (Wildman–Crippen LogP) is 2.59. The van der Waals surface area contributed by atoms with Crippen LogP contribution in [0.15, 0.2) is 77.6 Å². The molecule has 1 heterocycles. The molecule has 0 radical (unpaired) electrons. The summed E-state index contributed by atoms with van der Waals surface area (Å²) in [4.78, 5) is 38.0. The van der Waals surface area contributed by atoms with Crippen molar-refractivity contribution >= 4 is 17.5 Å². The Balaban J connectivity index is 1.72. The molecule has 8 nitrogen and oxygen atoms in total. The van der Waals surface area contributed by atoms with E-state index in [2.05, 4.69) is 10.6 Å². The molecule has 0 spiro atoms. The topological polar surface area (TPSA) is 126 Å². The van der Waals surface area contributed by atoms with Gasteiger partial charge in [-0.05, 0) is 35.6 Å². The number of alkyl halides is 2. The van der Waals surface area contributed by atoms with Gasteiger partial charge in [0, 0.05) is 6.54 Å². The van der Waals surface area contributed by atoms with Crippen molar-refractivity contribution in [2.24, 2.45) is 5.92 Å². The van der Waals surface area contributed by atoms with Crippen molar-refractivity contribution in [2.45, 2.75) is 44.9 Å². The fraction of sp³-hybridized carbons (Fsp3) is 0.321. The van der Waals surface area contributed by atoms with Crippen molar-refractivity contribution in [2.75, 3.05) is 12.3 Å². The Labute approximate surface area is 219 Å². The van der Waals surface area contributed by atoms with Gasteiger partial charge in [0.2, 0.25) is 5.91 Å². The van der Waals surface area contributed by atoms with Crippen molar-refractivity contribution in [3.05, 3.63) is 88.7 Å². The lowest BCUT2D eigenvalue weighted by Gasteiger charge is -2.32. The monoisotopic (exact) mass is 526 g/mol. The number of aromatic nitrogens is 1. The van der Waals surface area contributed by atoms with E-state index in [9.17, 15) is 28.3 Å². The number of amides is 2. The van der Waals surface area contributed by atoms with Gasteiger partial charge in [0.1, 0.15) is 12.6 Å². The molecule has 2 amide bonds. The summed E-state index contributed by atoms with van der Waals surface area (Å²) in [6.07, 6.45) is -2.17. The van der Waals surface area contributed by atoms with Crippen LogP contribution in [0.4, 0.5) is 14.5 Å². The quantitative estimate of drug-likeness (QED) is 0.306. The van der Waals surface area contributed by atoms with Crippen molar-refractivity contribution in [1.82, 2.24) is 15.2 Å². The van der Waals surface area contributed by atoms with Gasteiger partial charge in [0.15, 0.2) is 0 Å². The first-order valence-corrected chi connectivity index (χ1v) is 12.2. The first-order valence-electron chi connectivity index (χ1n) is 12.2. The van der Waals surface area contributed by atoms with Gasteiger partial charge in [0.05, 0.1) is 17.4 Å². The summed E-state index contributed by atoms with van der Waals surface area (Å²) < 4.78 is 31.0. The third-order valence-corrected chi connectivity index (χ3v) is 6.18. The molecule has 0 saturated heterocycles. The summed E-state index contributed by atoms with van der Waals surface area (Å²) in [5, 5.41) is 15.1. The van der Waals surface area contributed by atoms with Crippen molar-refractivity contribution in [3.8, 4) is 11.3 Å². The van der Waals surface area contributed by atoms with E-state index in [1.807, 2.05) is 6.07 Å². The van der Waals surface area contributed by atoms with Crippen LogP contribution in [0.5, 0.6) is 0 Å². The van der Waals surface area contributed by atoms with Crippen LogP contribution in [0.25, 0.3) is 11.3 Å². The van der Waals surface area contributed by atoms with Gasteiger partial charge < -0.3 is 21.5 Å². The number of aliphatic hydroxyl groups excluding tert-OH is 1. The highest BCUT2D eigenvalue weighted by molar-refractivity contribution is 5.84. The number of carbonyl (C=O) groups excluding carboxylic acids is 2. The minimum atomic E-state index is -4.18. The zero-order valence-electron chi connectivity index (χ0n) is 21.2. The summed E-state index contributed by atoms with van der Waals surface area (Å²) in [7, 11) is 0. The number of nitrogens with two attached hydrogens (primary N) is 1. The Bertz CT molecular complexity index is 1300. The Morgan fingerprint density at radius 1 is 1.00 bits per heavy atom. The second-order valence-electron chi connectivity index (χ2n) is 9.33. The summed E-state index contributed by atoms with van der Waals surface area (Å²) in [6.45, 7) is 2.47. The fourth-order valence-corrected chi connectivity index (χ4v) is 4.04. The number of hydrogen-bond donors (Lipinski definition) is 4. The second kappa shape index (κ2) is 12.5. The van der Waals surface area contributed by atoms with E-state index in [0.717, 1.165) is 10.1 Å². The number of hydrogen-bond acceptors (Lipinski definition) is 5. The maximum atomic E-state index is 14.9. The van der Waals surface area contributed by atoms with Gasteiger partial charge in [-0.25, -0.2) is 0 Å². The maximum Gasteiger partial charge on any atom is 0.351 e. The normalized spacial score (nSPS) is 13.1. The van der Waals surface area contributed by atoms with Gasteiger partial charge in [-0.3, -0.25) is 19.0 Å². The number of rotatable bonds is 11. The van der Waals surface area contributed by atoms with E-state index >= 15 is 0 Å². The van der Waals surface area contributed by atoms with Gasteiger partial charge in [-0.2, -0.15) is 8.78 Å². The smallest absolute Gasteiger partial charge is 0.351 e. The molecule has 2 unspecified atom stereocenters. The SMILES string of the molecule is CC(C)C(NC(=O)Cn1c(-c2ccccc2)ccc(N)c1=O)C(O)C(F)(F)C(=O)NCCc1ccccc1. The largest absolute Gasteiger partial charge is 0.394 e. The van der Waals surface area contributed by atoms with E-state index in [1.165, 1.54) is 19.9 Å². The maximum absolute atomic E-state index is 14.9. The Kier molecular flexibility index (Phi) is 9.35. The average molecular weight is 527 g/mol. The number of nitrogens with zero attached hydrogens (tertiary/aromatic N) is 1. The summed E-state index contributed by atoms with van der Waals surface area (Å²) in [5.41, 5.74) is 6.97. The number of benzene rings is 2. The highest BCUT2D eigenvalue weighted by atomic mass is 19.3. The first kappa shape index (κ1) is 28.5. The molecule has 0 aliphatic carbocycles. The second-order valence-corrected chi connectivity index (χ2v) is 9.33. The van der Waals surface area contributed by atoms with E-state index in [4.69, 9.17) is 5.73 Å². The molecule has 10 heteroatoms. The van der Waals surface area contributed by atoms with Gasteiger partial charge in [-0.15, -0.1) is 0 Å². The number of nitrogens with one attached hydrogen (secondary N) is 2. The molecule has 38 heavy (non-hydrogen) atoms. The van der Waals surface area contributed by atoms with Gasteiger partial charge >= 0.3 is 5.92 Å². The van der Waals surface area contributed by atoms with E-state index in [-0.39, 0.29) is 12.2 Å². The molecule has 3 aromatic rings. The third kappa shape index (κ3) is 6.83. The molecule has 0 fully saturated rings. The van der Waals surface area contributed by atoms with Crippen LogP contribution in [0, 0.1) is 5.92 Å². The molecule has 0 saturated carbocycles.